The van der Waals surface area contributed by atoms with E-state index in [9.17, 15) is 9.59 Å². The van der Waals surface area contributed by atoms with E-state index in [0.29, 0.717) is 29.4 Å². The van der Waals surface area contributed by atoms with E-state index in [1.807, 2.05) is 19.1 Å². The molecule has 0 unspecified atom stereocenters. The summed E-state index contributed by atoms with van der Waals surface area (Å²) in [6.45, 7) is 4.50. The molecule has 3 rings (SSSR count). The molecule has 9 nitrogen and oxygen atoms in total. The van der Waals surface area contributed by atoms with Gasteiger partial charge in [0.1, 0.15) is 23.9 Å². The number of aromatic nitrogens is 3. The van der Waals surface area contributed by atoms with Crippen molar-refractivity contribution in [1.82, 2.24) is 19.9 Å². The zero-order chi connectivity index (χ0) is 20.6. The summed E-state index contributed by atoms with van der Waals surface area (Å²) >= 11 is 0. The van der Waals surface area contributed by atoms with Crippen molar-refractivity contribution in [2.24, 2.45) is 0 Å². The van der Waals surface area contributed by atoms with Crippen molar-refractivity contribution < 1.29 is 23.8 Å². The van der Waals surface area contributed by atoms with Crippen LogP contribution in [0.25, 0.3) is 5.65 Å². The normalized spacial score (nSPS) is 10.6. The van der Waals surface area contributed by atoms with Crippen LogP contribution in [0.5, 0.6) is 11.5 Å². The van der Waals surface area contributed by atoms with Gasteiger partial charge >= 0.3 is 5.97 Å². The van der Waals surface area contributed by atoms with Crippen molar-refractivity contribution in [3.05, 3.63) is 54.0 Å². The number of nitrogens with one attached hydrogen (secondary N) is 1. The number of rotatable bonds is 9. The zero-order valence-corrected chi connectivity index (χ0v) is 16.3. The summed E-state index contributed by atoms with van der Waals surface area (Å²) in [6.07, 6.45) is 1.58. The van der Waals surface area contributed by atoms with E-state index >= 15 is 0 Å². The quantitative estimate of drug-likeness (QED) is 0.433. The summed E-state index contributed by atoms with van der Waals surface area (Å²) in [6, 6.07) is 10.5. The number of hydrogen-bond acceptors (Lipinski definition) is 7. The molecule has 0 saturated heterocycles. The smallest absolute Gasteiger partial charge is 0.340 e. The number of ether oxygens (including phenoxy) is 3. The minimum atomic E-state index is -0.596. The molecule has 0 aliphatic heterocycles. The van der Waals surface area contributed by atoms with Crippen molar-refractivity contribution in [2.75, 3.05) is 26.4 Å². The van der Waals surface area contributed by atoms with Gasteiger partial charge in [0, 0.05) is 6.20 Å². The van der Waals surface area contributed by atoms with E-state index in [1.165, 1.54) is 0 Å². The number of carbonyl (C=O) groups is 2. The minimum Gasteiger partial charge on any atom is -0.494 e. The topological polar surface area (TPSA) is 104 Å². The van der Waals surface area contributed by atoms with Gasteiger partial charge in [-0.25, -0.2) is 4.79 Å². The molecule has 1 N–H and O–H groups in total. The lowest BCUT2D eigenvalue weighted by Gasteiger charge is -2.09. The van der Waals surface area contributed by atoms with Gasteiger partial charge in [-0.3, -0.25) is 9.20 Å². The highest BCUT2D eigenvalue weighted by Gasteiger charge is 2.12. The molecule has 2 aromatic heterocycles. The first-order valence-corrected chi connectivity index (χ1v) is 9.17. The number of fused-ring (bicyclic) bond motifs is 1. The summed E-state index contributed by atoms with van der Waals surface area (Å²) in [5, 5.41) is 10.5. The lowest BCUT2D eigenvalue weighted by Crippen LogP contribution is -2.32. The molecule has 29 heavy (non-hydrogen) atoms. The number of pyridine rings is 1. The predicted octanol–water partition coefficient (Wildman–Crippen LogP) is 1.79. The molecule has 9 heteroatoms. The van der Waals surface area contributed by atoms with Gasteiger partial charge < -0.3 is 19.5 Å². The maximum Gasteiger partial charge on any atom is 0.340 e. The van der Waals surface area contributed by atoms with Crippen LogP contribution in [-0.4, -0.2) is 52.8 Å². The van der Waals surface area contributed by atoms with Gasteiger partial charge in [-0.15, -0.1) is 10.2 Å². The largest absolute Gasteiger partial charge is 0.494 e. The highest BCUT2D eigenvalue weighted by atomic mass is 16.5. The maximum atomic E-state index is 12.1. The molecule has 1 aromatic carbocycles. The Balaban J connectivity index is 1.37. The van der Waals surface area contributed by atoms with Crippen LogP contribution in [0.1, 0.15) is 23.1 Å². The molecule has 0 saturated carbocycles. The van der Waals surface area contributed by atoms with E-state index in [2.05, 4.69) is 15.5 Å². The predicted molar refractivity (Wildman–Crippen MR) is 104 cm³/mol. The second kappa shape index (κ2) is 9.54. The van der Waals surface area contributed by atoms with Crippen LogP contribution in [0.3, 0.4) is 0 Å². The standard InChI is InChI=1S/C20H22N4O5/c1-3-27-16-5-7-17(8-6-16)28-11-10-21-19(25)13-29-20(26)15-4-9-18-23-22-14(2)24(18)12-15/h4-9,12H,3,10-11,13H2,1-2H3,(H,21,25). The van der Waals surface area contributed by atoms with Crippen LogP contribution in [-0.2, 0) is 9.53 Å². The van der Waals surface area contributed by atoms with Gasteiger partial charge in [-0.05, 0) is 50.2 Å². The Kier molecular flexibility index (Phi) is 6.62. The van der Waals surface area contributed by atoms with Crippen LogP contribution in [0.4, 0.5) is 0 Å². The van der Waals surface area contributed by atoms with Crippen LogP contribution >= 0.6 is 0 Å². The molecule has 3 aromatic rings. The van der Waals surface area contributed by atoms with E-state index < -0.39 is 11.9 Å². The minimum absolute atomic E-state index is 0.287. The third kappa shape index (κ3) is 5.44. The second-order valence-electron chi connectivity index (χ2n) is 6.07. The number of aryl methyl sites for hydroxylation is 1. The molecule has 0 aliphatic carbocycles. The first kappa shape index (κ1) is 20.1. The van der Waals surface area contributed by atoms with E-state index in [-0.39, 0.29) is 19.8 Å². The Morgan fingerprint density at radius 3 is 2.48 bits per heavy atom. The van der Waals surface area contributed by atoms with Crippen molar-refractivity contribution in [1.29, 1.82) is 0 Å². The molecular formula is C20H22N4O5. The number of carbonyl (C=O) groups excluding carboxylic acids is 2. The van der Waals surface area contributed by atoms with Crippen LogP contribution in [0.2, 0.25) is 0 Å². The fraction of sp³-hybridized carbons (Fsp3) is 0.300. The third-order valence-electron chi connectivity index (χ3n) is 3.97. The number of hydrogen-bond donors (Lipinski definition) is 1. The van der Waals surface area contributed by atoms with Gasteiger partial charge in [-0.1, -0.05) is 0 Å². The molecule has 0 spiro atoms. The zero-order valence-electron chi connectivity index (χ0n) is 16.3. The number of amides is 1. The summed E-state index contributed by atoms with van der Waals surface area (Å²) in [4.78, 5) is 24.0. The SMILES string of the molecule is CCOc1ccc(OCCNC(=O)COC(=O)c2ccc3nnc(C)n3c2)cc1. The van der Waals surface area contributed by atoms with Crippen molar-refractivity contribution in [3.63, 3.8) is 0 Å². The molecule has 0 aliphatic rings. The molecule has 0 fully saturated rings. The maximum absolute atomic E-state index is 12.1. The fourth-order valence-electron chi connectivity index (χ4n) is 2.55. The molecule has 152 valence electrons. The van der Waals surface area contributed by atoms with Crippen LogP contribution in [0, 0.1) is 6.92 Å². The van der Waals surface area contributed by atoms with Crippen molar-refractivity contribution in [3.8, 4) is 11.5 Å². The Hall–Kier alpha value is -3.62. The summed E-state index contributed by atoms with van der Waals surface area (Å²) in [7, 11) is 0. The lowest BCUT2D eigenvalue weighted by molar-refractivity contribution is -0.124. The highest BCUT2D eigenvalue weighted by molar-refractivity contribution is 5.91. The second-order valence-corrected chi connectivity index (χ2v) is 6.07. The molecule has 0 atom stereocenters. The number of nitrogens with zero attached hydrogens (tertiary/aromatic N) is 3. The summed E-state index contributed by atoms with van der Waals surface area (Å²) in [5.41, 5.74) is 0.941. The fourth-order valence-corrected chi connectivity index (χ4v) is 2.55. The van der Waals surface area contributed by atoms with Crippen molar-refractivity contribution >= 4 is 17.5 Å². The van der Waals surface area contributed by atoms with Gasteiger partial charge in [0.2, 0.25) is 0 Å². The number of esters is 1. The Labute approximate surface area is 167 Å². The highest BCUT2D eigenvalue weighted by Crippen LogP contribution is 2.17. The molecule has 0 bridgehead atoms. The van der Waals surface area contributed by atoms with E-state index in [1.54, 1.807) is 41.8 Å². The van der Waals surface area contributed by atoms with Gasteiger partial charge in [0.05, 0.1) is 18.7 Å². The average molecular weight is 398 g/mol. The third-order valence-corrected chi connectivity index (χ3v) is 3.97. The average Bonchev–Trinajstić information content (AvgIpc) is 3.11. The van der Waals surface area contributed by atoms with E-state index in [4.69, 9.17) is 14.2 Å². The monoisotopic (exact) mass is 398 g/mol. The Morgan fingerprint density at radius 1 is 1.03 bits per heavy atom. The molecular weight excluding hydrogens is 376 g/mol. The number of benzene rings is 1. The van der Waals surface area contributed by atoms with Crippen LogP contribution in [0.15, 0.2) is 42.6 Å². The van der Waals surface area contributed by atoms with Crippen LogP contribution < -0.4 is 14.8 Å². The lowest BCUT2D eigenvalue weighted by atomic mass is 10.3. The molecule has 1 amide bonds. The molecule has 0 radical (unpaired) electrons. The summed E-state index contributed by atoms with van der Waals surface area (Å²) in [5.74, 6) is 1.10. The van der Waals surface area contributed by atoms with Crippen molar-refractivity contribution in [2.45, 2.75) is 13.8 Å². The first-order chi connectivity index (χ1) is 14.1. The Bertz CT molecular complexity index is 984. The van der Waals surface area contributed by atoms with Gasteiger partial charge in [0.15, 0.2) is 12.3 Å². The summed E-state index contributed by atoms with van der Waals surface area (Å²) < 4.78 is 17.6. The molecule has 2 heterocycles. The van der Waals surface area contributed by atoms with E-state index in [0.717, 1.165) is 5.75 Å². The Morgan fingerprint density at radius 2 is 1.76 bits per heavy atom. The first-order valence-electron chi connectivity index (χ1n) is 9.17. The van der Waals surface area contributed by atoms with Gasteiger partial charge in [-0.2, -0.15) is 0 Å². The van der Waals surface area contributed by atoms with Gasteiger partial charge in [0.25, 0.3) is 5.91 Å².